The summed E-state index contributed by atoms with van der Waals surface area (Å²) >= 11 is 0. The van der Waals surface area contributed by atoms with Gasteiger partial charge >= 0.3 is 0 Å². The van der Waals surface area contributed by atoms with Gasteiger partial charge in [-0.25, -0.2) is 4.39 Å². The second-order valence-electron chi connectivity index (χ2n) is 4.78. The van der Waals surface area contributed by atoms with Crippen molar-refractivity contribution in [3.05, 3.63) is 58.9 Å². The first-order valence-corrected chi connectivity index (χ1v) is 7.03. The minimum Gasteiger partial charge on any atom is -0.494 e. The molecule has 1 N–H and O–H groups in total. The number of halogens is 1. The van der Waals surface area contributed by atoms with Crippen molar-refractivity contribution in [3.8, 4) is 5.75 Å². The highest BCUT2D eigenvalue weighted by molar-refractivity contribution is 5.71. The third-order valence-electron chi connectivity index (χ3n) is 3.23. The normalized spacial score (nSPS) is 10.9. The van der Waals surface area contributed by atoms with E-state index in [-0.39, 0.29) is 5.82 Å². The van der Waals surface area contributed by atoms with Gasteiger partial charge in [0, 0.05) is 7.05 Å². The molecule has 3 heteroatoms. The summed E-state index contributed by atoms with van der Waals surface area (Å²) in [5.41, 5.74) is 3.49. The maximum Gasteiger partial charge on any atom is 0.146 e. The maximum absolute atomic E-state index is 13.7. The van der Waals surface area contributed by atoms with Gasteiger partial charge < -0.3 is 10.1 Å². The molecule has 0 bridgehead atoms. The second-order valence-corrected chi connectivity index (χ2v) is 4.78. The zero-order valence-corrected chi connectivity index (χ0v) is 12.6. The zero-order chi connectivity index (χ0) is 15.2. The molecule has 0 atom stereocenters. The Kier molecular flexibility index (Phi) is 4.99. The number of hydrogen-bond acceptors (Lipinski definition) is 2. The van der Waals surface area contributed by atoms with Crippen LogP contribution in [0.4, 0.5) is 10.1 Å². The van der Waals surface area contributed by atoms with Crippen molar-refractivity contribution in [2.45, 2.75) is 13.8 Å². The quantitative estimate of drug-likeness (QED) is 0.801. The van der Waals surface area contributed by atoms with Crippen molar-refractivity contribution >= 4 is 17.8 Å². The number of rotatable bonds is 5. The van der Waals surface area contributed by atoms with Crippen molar-refractivity contribution in [3.63, 3.8) is 0 Å². The maximum atomic E-state index is 13.7. The van der Waals surface area contributed by atoms with E-state index in [0.717, 1.165) is 22.4 Å². The van der Waals surface area contributed by atoms with E-state index in [0.29, 0.717) is 12.3 Å². The highest BCUT2D eigenvalue weighted by Gasteiger charge is 2.01. The van der Waals surface area contributed by atoms with Gasteiger partial charge in [0.25, 0.3) is 0 Å². The molecule has 0 heterocycles. The average molecular weight is 285 g/mol. The van der Waals surface area contributed by atoms with Crippen LogP contribution in [0.25, 0.3) is 12.2 Å². The predicted octanol–water partition coefficient (Wildman–Crippen LogP) is 4.74. The van der Waals surface area contributed by atoms with Gasteiger partial charge in [0.05, 0.1) is 12.3 Å². The molecule has 0 fully saturated rings. The Morgan fingerprint density at radius 2 is 1.76 bits per heavy atom. The lowest BCUT2D eigenvalue weighted by Crippen LogP contribution is -1.93. The van der Waals surface area contributed by atoms with Gasteiger partial charge in [-0.05, 0) is 54.8 Å². The van der Waals surface area contributed by atoms with E-state index in [9.17, 15) is 4.39 Å². The molecule has 0 spiro atoms. The molecule has 0 radical (unpaired) electrons. The Balaban J connectivity index is 2.17. The van der Waals surface area contributed by atoms with Crippen molar-refractivity contribution in [1.29, 1.82) is 0 Å². The van der Waals surface area contributed by atoms with E-state index in [4.69, 9.17) is 4.74 Å². The fourth-order valence-electron chi connectivity index (χ4n) is 2.12. The summed E-state index contributed by atoms with van der Waals surface area (Å²) in [6.07, 6.45) is 3.87. The van der Waals surface area contributed by atoms with E-state index in [1.807, 2.05) is 44.2 Å². The third-order valence-corrected chi connectivity index (χ3v) is 3.23. The second kappa shape index (κ2) is 6.93. The van der Waals surface area contributed by atoms with Gasteiger partial charge in [0.2, 0.25) is 0 Å². The van der Waals surface area contributed by atoms with Gasteiger partial charge in [-0.3, -0.25) is 0 Å². The fraction of sp³-hybridized carbons (Fsp3) is 0.222. The Morgan fingerprint density at radius 1 is 1.10 bits per heavy atom. The lowest BCUT2D eigenvalue weighted by atomic mass is 10.1. The van der Waals surface area contributed by atoms with Gasteiger partial charge in [-0.15, -0.1) is 0 Å². The van der Waals surface area contributed by atoms with Gasteiger partial charge in [-0.1, -0.05) is 24.3 Å². The van der Waals surface area contributed by atoms with Gasteiger partial charge in [-0.2, -0.15) is 0 Å². The number of benzene rings is 2. The Hall–Kier alpha value is -2.29. The van der Waals surface area contributed by atoms with Gasteiger partial charge in [0.15, 0.2) is 0 Å². The molecule has 0 aliphatic heterocycles. The minimum atomic E-state index is -0.248. The zero-order valence-electron chi connectivity index (χ0n) is 12.6. The van der Waals surface area contributed by atoms with E-state index in [1.54, 1.807) is 13.1 Å². The van der Waals surface area contributed by atoms with Crippen LogP contribution in [0.15, 0.2) is 36.4 Å². The monoisotopic (exact) mass is 285 g/mol. The molecule has 110 valence electrons. The summed E-state index contributed by atoms with van der Waals surface area (Å²) in [5, 5.41) is 2.81. The Bertz CT molecular complexity index is 650. The smallest absolute Gasteiger partial charge is 0.146 e. The van der Waals surface area contributed by atoms with Crippen LogP contribution in [0, 0.1) is 12.7 Å². The molecule has 2 rings (SSSR count). The molecule has 2 aromatic carbocycles. The first-order valence-electron chi connectivity index (χ1n) is 7.03. The van der Waals surface area contributed by atoms with Crippen LogP contribution in [0.3, 0.4) is 0 Å². The lowest BCUT2D eigenvalue weighted by Gasteiger charge is -2.07. The summed E-state index contributed by atoms with van der Waals surface area (Å²) in [5.74, 6) is 0.654. The molecular formula is C18H20FNO. The lowest BCUT2D eigenvalue weighted by molar-refractivity contribution is 0.338. The molecule has 0 unspecified atom stereocenters. The highest BCUT2D eigenvalue weighted by atomic mass is 19.1. The summed E-state index contributed by atoms with van der Waals surface area (Å²) in [4.78, 5) is 0. The first kappa shape index (κ1) is 15.1. The van der Waals surface area contributed by atoms with Crippen LogP contribution in [0.5, 0.6) is 5.75 Å². The van der Waals surface area contributed by atoms with Crippen molar-refractivity contribution in [2.24, 2.45) is 0 Å². The molecule has 21 heavy (non-hydrogen) atoms. The number of ether oxygens (including phenoxy) is 1. The summed E-state index contributed by atoms with van der Waals surface area (Å²) in [6, 6.07) is 11.1. The van der Waals surface area contributed by atoms with Crippen molar-refractivity contribution in [1.82, 2.24) is 0 Å². The van der Waals surface area contributed by atoms with E-state index < -0.39 is 0 Å². The minimum absolute atomic E-state index is 0.248. The number of aryl methyl sites for hydroxylation is 1. The van der Waals surface area contributed by atoms with Crippen LogP contribution in [-0.2, 0) is 0 Å². The van der Waals surface area contributed by atoms with Crippen LogP contribution in [0.1, 0.15) is 23.6 Å². The molecule has 2 aromatic rings. The third kappa shape index (κ3) is 3.85. The topological polar surface area (TPSA) is 21.3 Å². The number of nitrogens with one attached hydrogen (secondary N) is 1. The Morgan fingerprint density at radius 3 is 2.33 bits per heavy atom. The first-order chi connectivity index (χ1) is 10.1. The molecule has 0 aromatic heterocycles. The number of hydrogen-bond donors (Lipinski definition) is 1. The molecular weight excluding hydrogens is 265 g/mol. The van der Waals surface area contributed by atoms with Crippen LogP contribution >= 0.6 is 0 Å². The summed E-state index contributed by atoms with van der Waals surface area (Å²) in [6.45, 7) is 4.65. The molecule has 0 aliphatic carbocycles. The standard InChI is InChI=1S/C18H20FNO/c1-4-21-18-10-8-14(11-13(18)2)5-6-15-7-9-17(20-3)16(19)12-15/h5-12,20H,4H2,1-3H3/b6-5+. The fourth-order valence-corrected chi connectivity index (χ4v) is 2.12. The average Bonchev–Trinajstić information content (AvgIpc) is 2.48. The largest absolute Gasteiger partial charge is 0.494 e. The van der Waals surface area contributed by atoms with Crippen LogP contribution in [0.2, 0.25) is 0 Å². The van der Waals surface area contributed by atoms with Crippen molar-refractivity contribution in [2.75, 3.05) is 19.0 Å². The van der Waals surface area contributed by atoms with E-state index in [2.05, 4.69) is 11.4 Å². The van der Waals surface area contributed by atoms with E-state index >= 15 is 0 Å². The molecule has 0 saturated carbocycles. The van der Waals surface area contributed by atoms with Crippen LogP contribution in [-0.4, -0.2) is 13.7 Å². The molecule has 2 nitrogen and oxygen atoms in total. The van der Waals surface area contributed by atoms with Crippen LogP contribution < -0.4 is 10.1 Å². The number of anilines is 1. The molecule has 0 aliphatic rings. The van der Waals surface area contributed by atoms with Gasteiger partial charge in [0.1, 0.15) is 11.6 Å². The van der Waals surface area contributed by atoms with E-state index in [1.165, 1.54) is 6.07 Å². The summed E-state index contributed by atoms with van der Waals surface area (Å²) < 4.78 is 19.2. The summed E-state index contributed by atoms with van der Waals surface area (Å²) in [7, 11) is 1.70. The molecule has 0 amide bonds. The highest BCUT2D eigenvalue weighted by Crippen LogP contribution is 2.21. The molecule has 0 saturated heterocycles. The van der Waals surface area contributed by atoms with Crippen molar-refractivity contribution < 1.29 is 9.13 Å². The Labute approximate surface area is 125 Å². The SMILES string of the molecule is CCOc1ccc(/C=C/c2ccc(NC)c(F)c2)cc1C. The predicted molar refractivity (Wildman–Crippen MR) is 87.2 cm³/mol.